The molecule has 134 valence electrons. The quantitative estimate of drug-likeness (QED) is 0.571. The molecule has 27 heavy (non-hydrogen) atoms. The van der Waals surface area contributed by atoms with Crippen LogP contribution in [0.4, 0.5) is 5.69 Å². The maximum absolute atomic E-state index is 12.2. The number of halogens is 1. The largest absolute Gasteiger partial charge is 0.457 e. The fraction of sp³-hybridized carbons (Fsp3) is 0.0476. The molecule has 0 saturated carbocycles. The summed E-state index contributed by atoms with van der Waals surface area (Å²) >= 11 is 7.32. The second-order valence-electron chi connectivity index (χ2n) is 6.03. The Hall–Kier alpha value is -2.76. The van der Waals surface area contributed by atoms with Crippen LogP contribution < -0.4 is 5.32 Å². The highest BCUT2D eigenvalue weighted by molar-refractivity contribution is 8.18. The number of nitrogens with zero attached hydrogens (tertiary/aromatic N) is 1. The van der Waals surface area contributed by atoms with Crippen LogP contribution in [0, 0.1) is 6.92 Å². The van der Waals surface area contributed by atoms with E-state index in [2.05, 4.69) is 10.3 Å². The van der Waals surface area contributed by atoms with E-state index in [4.69, 9.17) is 16.0 Å². The second kappa shape index (κ2) is 7.47. The van der Waals surface area contributed by atoms with Crippen molar-refractivity contribution in [2.75, 3.05) is 0 Å². The molecule has 1 saturated heterocycles. The maximum atomic E-state index is 12.2. The standard InChI is InChI=1S/C21H15ClN2O2S/c1-13-5-7-16(8-6-13)23-21-24-20(25)19(27-21)12-17-9-10-18(26-17)14-3-2-4-15(22)11-14/h2-12H,1H3,(H,23,24,25)/b19-12+. The zero-order valence-corrected chi connectivity index (χ0v) is 16.0. The zero-order chi connectivity index (χ0) is 18.8. The number of carbonyl (C=O) groups is 1. The zero-order valence-electron chi connectivity index (χ0n) is 14.4. The van der Waals surface area contributed by atoms with Crippen molar-refractivity contribution in [3.8, 4) is 11.3 Å². The van der Waals surface area contributed by atoms with Crippen molar-refractivity contribution in [1.82, 2.24) is 5.32 Å². The summed E-state index contributed by atoms with van der Waals surface area (Å²) in [7, 11) is 0. The molecular weight excluding hydrogens is 380 g/mol. The molecule has 2 heterocycles. The molecular formula is C21H15ClN2O2S. The smallest absolute Gasteiger partial charge is 0.264 e. The van der Waals surface area contributed by atoms with Gasteiger partial charge in [0.15, 0.2) is 5.17 Å². The van der Waals surface area contributed by atoms with Crippen LogP contribution in [-0.2, 0) is 4.79 Å². The molecule has 1 amide bonds. The number of benzene rings is 2. The first kappa shape index (κ1) is 17.6. The van der Waals surface area contributed by atoms with Crippen molar-refractivity contribution in [3.63, 3.8) is 0 Å². The van der Waals surface area contributed by atoms with Gasteiger partial charge in [-0.3, -0.25) is 4.79 Å². The molecule has 1 N–H and O–H groups in total. The molecule has 1 aliphatic heterocycles. The van der Waals surface area contributed by atoms with Crippen LogP contribution in [0.5, 0.6) is 0 Å². The van der Waals surface area contributed by atoms with Crippen LogP contribution in [0.15, 0.2) is 75.0 Å². The second-order valence-corrected chi connectivity index (χ2v) is 7.50. The van der Waals surface area contributed by atoms with Crippen LogP contribution >= 0.6 is 23.4 Å². The predicted octanol–water partition coefficient (Wildman–Crippen LogP) is 5.80. The van der Waals surface area contributed by atoms with Gasteiger partial charge in [0.2, 0.25) is 0 Å². The third kappa shape index (κ3) is 4.15. The highest BCUT2D eigenvalue weighted by atomic mass is 35.5. The predicted molar refractivity (Wildman–Crippen MR) is 111 cm³/mol. The first-order valence-electron chi connectivity index (χ1n) is 8.29. The van der Waals surface area contributed by atoms with Gasteiger partial charge in [0, 0.05) is 16.7 Å². The number of rotatable bonds is 3. The van der Waals surface area contributed by atoms with Crippen molar-refractivity contribution in [2.45, 2.75) is 6.92 Å². The molecule has 0 radical (unpaired) electrons. The van der Waals surface area contributed by atoms with E-state index in [1.165, 1.54) is 11.8 Å². The van der Waals surface area contributed by atoms with Crippen molar-refractivity contribution in [3.05, 3.63) is 81.9 Å². The number of aryl methyl sites for hydroxylation is 1. The monoisotopic (exact) mass is 394 g/mol. The summed E-state index contributed by atoms with van der Waals surface area (Å²) in [4.78, 5) is 17.2. The SMILES string of the molecule is Cc1ccc(N=C2NC(=O)/C(=C\c3ccc(-c4cccc(Cl)c4)o3)S2)cc1. The van der Waals surface area contributed by atoms with Gasteiger partial charge in [-0.25, -0.2) is 4.99 Å². The molecule has 4 nitrogen and oxygen atoms in total. The summed E-state index contributed by atoms with van der Waals surface area (Å²) in [5.41, 5.74) is 2.85. The lowest BCUT2D eigenvalue weighted by molar-refractivity contribution is -0.115. The molecule has 6 heteroatoms. The Kier molecular flexibility index (Phi) is 4.88. The molecule has 1 fully saturated rings. The number of aliphatic imine (C=N–C) groups is 1. The van der Waals surface area contributed by atoms with Gasteiger partial charge in [0.25, 0.3) is 5.91 Å². The number of nitrogens with one attached hydrogen (secondary N) is 1. The summed E-state index contributed by atoms with van der Waals surface area (Å²) in [6, 6.07) is 18.9. The number of amidine groups is 1. The Morgan fingerprint density at radius 3 is 2.70 bits per heavy atom. The van der Waals surface area contributed by atoms with Gasteiger partial charge < -0.3 is 9.73 Å². The van der Waals surface area contributed by atoms with Gasteiger partial charge in [-0.1, -0.05) is 41.4 Å². The normalized spacial score (nSPS) is 16.9. The minimum absolute atomic E-state index is 0.188. The van der Waals surface area contributed by atoms with Gasteiger partial charge in [-0.15, -0.1) is 0 Å². The third-order valence-corrected chi connectivity index (χ3v) is 5.07. The molecule has 2 aromatic carbocycles. The number of hydrogen-bond donors (Lipinski definition) is 1. The average Bonchev–Trinajstić information content (AvgIpc) is 3.24. The number of carbonyl (C=O) groups excluding carboxylic acids is 1. The van der Waals surface area contributed by atoms with Crippen LogP contribution in [0.1, 0.15) is 11.3 Å². The molecule has 0 atom stereocenters. The minimum atomic E-state index is -0.188. The van der Waals surface area contributed by atoms with E-state index in [-0.39, 0.29) is 5.91 Å². The van der Waals surface area contributed by atoms with Crippen LogP contribution in [0.2, 0.25) is 5.02 Å². The van der Waals surface area contributed by atoms with E-state index in [1.807, 2.05) is 67.6 Å². The Bertz CT molecular complexity index is 1070. The highest BCUT2D eigenvalue weighted by Gasteiger charge is 2.24. The van der Waals surface area contributed by atoms with E-state index in [9.17, 15) is 4.79 Å². The fourth-order valence-electron chi connectivity index (χ4n) is 2.57. The molecule has 0 unspecified atom stereocenters. The van der Waals surface area contributed by atoms with Crippen molar-refractivity contribution >= 4 is 46.2 Å². The Balaban J connectivity index is 1.54. The lowest BCUT2D eigenvalue weighted by atomic mass is 10.2. The van der Waals surface area contributed by atoms with Crippen molar-refractivity contribution in [2.24, 2.45) is 4.99 Å². The van der Waals surface area contributed by atoms with E-state index in [0.717, 1.165) is 16.8 Å². The number of thioether (sulfide) groups is 1. The number of amides is 1. The molecule has 0 bridgehead atoms. The summed E-state index contributed by atoms with van der Waals surface area (Å²) in [6.45, 7) is 2.02. The van der Waals surface area contributed by atoms with E-state index < -0.39 is 0 Å². The molecule has 1 aromatic heterocycles. The molecule has 1 aliphatic rings. The fourth-order valence-corrected chi connectivity index (χ4v) is 3.59. The Morgan fingerprint density at radius 2 is 1.93 bits per heavy atom. The number of hydrogen-bond acceptors (Lipinski definition) is 4. The summed E-state index contributed by atoms with van der Waals surface area (Å²) in [5.74, 6) is 1.10. The Morgan fingerprint density at radius 1 is 1.11 bits per heavy atom. The molecule has 3 aromatic rings. The van der Waals surface area contributed by atoms with Crippen molar-refractivity contribution in [1.29, 1.82) is 0 Å². The lowest BCUT2D eigenvalue weighted by Gasteiger charge is -1.97. The van der Waals surface area contributed by atoms with Gasteiger partial charge in [0.05, 0.1) is 10.6 Å². The van der Waals surface area contributed by atoms with E-state index >= 15 is 0 Å². The van der Waals surface area contributed by atoms with Crippen LogP contribution in [-0.4, -0.2) is 11.1 Å². The first-order valence-corrected chi connectivity index (χ1v) is 9.48. The molecule has 0 spiro atoms. The summed E-state index contributed by atoms with van der Waals surface area (Å²) in [6.07, 6.45) is 1.71. The highest BCUT2D eigenvalue weighted by Crippen LogP contribution is 2.30. The molecule has 4 rings (SSSR count). The van der Waals surface area contributed by atoms with Gasteiger partial charge >= 0.3 is 0 Å². The van der Waals surface area contributed by atoms with Crippen LogP contribution in [0.25, 0.3) is 17.4 Å². The maximum Gasteiger partial charge on any atom is 0.264 e. The minimum Gasteiger partial charge on any atom is -0.457 e. The average molecular weight is 395 g/mol. The van der Waals surface area contributed by atoms with Gasteiger partial charge in [-0.05, 0) is 55.1 Å². The van der Waals surface area contributed by atoms with Crippen LogP contribution in [0.3, 0.4) is 0 Å². The van der Waals surface area contributed by atoms with Crippen molar-refractivity contribution < 1.29 is 9.21 Å². The third-order valence-electron chi connectivity index (χ3n) is 3.92. The molecule has 0 aliphatic carbocycles. The first-order chi connectivity index (χ1) is 13.1. The van der Waals surface area contributed by atoms with E-state index in [0.29, 0.717) is 26.6 Å². The summed E-state index contributed by atoms with van der Waals surface area (Å²) in [5, 5.41) is 3.98. The Labute approximate surface area is 166 Å². The van der Waals surface area contributed by atoms with E-state index in [1.54, 1.807) is 6.08 Å². The summed E-state index contributed by atoms with van der Waals surface area (Å²) < 4.78 is 5.83. The van der Waals surface area contributed by atoms with Gasteiger partial charge in [-0.2, -0.15) is 0 Å². The lowest BCUT2D eigenvalue weighted by Crippen LogP contribution is -2.19. The topological polar surface area (TPSA) is 54.6 Å². The number of furan rings is 1. The van der Waals surface area contributed by atoms with Gasteiger partial charge in [0.1, 0.15) is 11.5 Å².